The third kappa shape index (κ3) is 4.17. The maximum absolute atomic E-state index is 6.41. The van der Waals surface area contributed by atoms with Gasteiger partial charge in [0.25, 0.3) is 0 Å². The largest absolute Gasteiger partial charge is 0.368 e. The quantitative estimate of drug-likeness (QED) is 0.277. The van der Waals surface area contributed by atoms with Crippen LogP contribution >= 0.6 is 23.2 Å². The van der Waals surface area contributed by atoms with Crippen molar-refractivity contribution in [2.24, 2.45) is 0 Å². The Morgan fingerprint density at radius 2 is 1.47 bits per heavy atom. The maximum atomic E-state index is 6.41. The van der Waals surface area contributed by atoms with Gasteiger partial charge in [-0.1, -0.05) is 59.6 Å². The summed E-state index contributed by atoms with van der Waals surface area (Å²) in [5.74, 6) is 2.17. The number of halogens is 2. The lowest BCUT2D eigenvalue weighted by atomic mass is 10.1. The molecule has 2 aromatic heterocycles. The van der Waals surface area contributed by atoms with Gasteiger partial charge in [-0.05, 0) is 41.8 Å². The molecule has 0 aliphatic heterocycles. The van der Waals surface area contributed by atoms with E-state index in [9.17, 15) is 0 Å². The Hall–Kier alpha value is -3.41. The van der Waals surface area contributed by atoms with E-state index >= 15 is 0 Å². The monoisotopic (exact) mass is 459 g/mol. The predicted octanol–water partition coefficient (Wildman–Crippen LogP) is 6.68. The number of rotatable bonds is 6. The minimum atomic E-state index is 0.516. The van der Waals surface area contributed by atoms with Crippen LogP contribution in [0.4, 0.5) is 11.6 Å². The summed E-state index contributed by atoms with van der Waals surface area (Å²) in [6.45, 7) is 1.33. The molecule has 5 nitrogen and oxygen atoms in total. The van der Waals surface area contributed by atoms with E-state index in [0.717, 1.165) is 38.9 Å². The van der Waals surface area contributed by atoms with Crippen LogP contribution < -0.4 is 10.6 Å². The first-order chi connectivity index (χ1) is 15.7. The molecule has 0 atom stereocenters. The zero-order chi connectivity index (χ0) is 21.9. The van der Waals surface area contributed by atoms with E-state index in [4.69, 9.17) is 33.2 Å². The highest BCUT2D eigenvalue weighted by molar-refractivity contribution is 6.36. The van der Waals surface area contributed by atoms with Crippen LogP contribution in [0.5, 0.6) is 0 Å². The second kappa shape index (κ2) is 8.99. The molecule has 2 N–H and O–H groups in total. The number of hydrogen-bond acceptors (Lipinski definition) is 5. The van der Waals surface area contributed by atoms with Gasteiger partial charge in [-0.2, -0.15) is 0 Å². The Morgan fingerprint density at radius 3 is 2.31 bits per heavy atom. The van der Waals surface area contributed by atoms with Crippen molar-refractivity contribution in [3.63, 3.8) is 0 Å². The van der Waals surface area contributed by atoms with Crippen molar-refractivity contribution in [1.82, 2.24) is 15.0 Å². The van der Waals surface area contributed by atoms with Crippen molar-refractivity contribution in [1.29, 1.82) is 0 Å². The highest BCUT2D eigenvalue weighted by atomic mass is 35.5. The van der Waals surface area contributed by atoms with Crippen molar-refractivity contribution < 1.29 is 0 Å². The normalized spacial score (nSPS) is 11.1. The topological polar surface area (TPSA) is 62.7 Å². The van der Waals surface area contributed by atoms with Crippen LogP contribution in [0.3, 0.4) is 0 Å². The van der Waals surface area contributed by atoms with Gasteiger partial charge in [0.05, 0.1) is 10.5 Å². The molecule has 0 amide bonds. The van der Waals surface area contributed by atoms with E-state index in [1.54, 1.807) is 12.1 Å². The number of para-hydroxylation sites is 1. The fraction of sp³-hybridized carbons (Fsp3) is 0.0800. The Balaban J connectivity index is 1.38. The van der Waals surface area contributed by atoms with Crippen molar-refractivity contribution in [2.75, 3.05) is 23.7 Å². The summed E-state index contributed by atoms with van der Waals surface area (Å²) in [5.41, 5.74) is 1.58. The Bertz CT molecular complexity index is 1420. The molecule has 3 aromatic carbocycles. The van der Waals surface area contributed by atoms with Gasteiger partial charge < -0.3 is 10.6 Å². The molecule has 0 spiro atoms. The average molecular weight is 460 g/mol. The molecule has 0 saturated carbocycles. The van der Waals surface area contributed by atoms with Crippen molar-refractivity contribution in [3.05, 3.63) is 89.0 Å². The van der Waals surface area contributed by atoms with Gasteiger partial charge in [0.2, 0.25) is 0 Å². The third-order valence-corrected chi connectivity index (χ3v) is 5.71. The summed E-state index contributed by atoms with van der Waals surface area (Å²) < 4.78 is 0. The molecule has 158 valence electrons. The molecular formula is C25H19Cl2N5. The van der Waals surface area contributed by atoms with Crippen LogP contribution in [0.2, 0.25) is 10.0 Å². The molecule has 0 aliphatic carbocycles. The summed E-state index contributed by atoms with van der Waals surface area (Å²) in [4.78, 5) is 13.9. The van der Waals surface area contributed by atoms with E-state index in [2.05, 4.69) is 27.8 Å². The Kier molecular flexibility index (Phi) is 5.75. The molecule has 32 heavy (non-hydrogen) atoms. The fourth-order valence-electron chi connectivity index (χ4n) is 3.62. The lowest BCUT2D eigenvalue weighted by molar-refractivity contribution is 1.05. The number of aromatic nitrogens is 3. The molecule has 7 heteroatoms. The number of anilines is 2. The highest BCUT2D eigenvalue weighted by Gasteiger charge is 2.12. The third-order valence-electron chi connectivity index (χ3n) is 5.16. The lowest BCUT2D eigenvalue weighted by Gasteiger charge is -2.13. The summed E-state index contributed by atoms with van der Waals surface area (Å²) in [7, 11) is 0. The predicted molar refractivity (Wildman–Crippen MR) is 134 cm³/mol. The number of benzene rings is 3. The second-order valence-electron chi connectivity index (χ2n) is 7.27. The Morgan fingerprint density at radius 1 is 0.719 bits per heavy atom. The SMILES string of the molecule is Clc1ccc(-c2nc(NCCNc3nccc4ccccc34)c3ccccc3n2)c(Cl)c1. The van der Waals surface area contributed by atoms with Gasteiger partial charge in [-0.3, -0.25) is 0 Å². The van der Waals surface area contributed by atoms with E-state index in [-0.39, 0.29) is 0 Å². The van der Waals surface area contributed by atoms with Crippen LogP contribution in [-0.2, 0) is 0 Å². The van der Waals surface area contributed by atoms with Gasteiger partial charge in [-0.25, -0.2) is 15.0 Å². The molecule has 5 rings (SSSR count). The molecular weight excluding hydrogens is 441 g/mol. The van der Waals surface area contributed by atoms with E-state index in [1.165, 1.54) is 0 Å². The van der Waals surface area contributed by atoms with Crippen molar-refractivity contribution in [2.45, 2.75) is 0 Å². The smallest absolute Gasteiger partial charge is 0.163 e. The fourth-order valence-corrected chi connectivity index (χ4v) is 4.12. The number of hydrogen-bond donors (Lipinski definition) is 2. The van der Waals surface area contributed by atoms with E-state index < -0.39 is 0 Å². The summed E-state index contributed by atoms with van der Waals surface area (Å²) in [6, 6.07) is 23.4. The zero-order valence-electron chi connectivity index (χ0n) is 17.0. The van der Waals surface area contributed by atoms with E-state index in [1.807, 2.05) is 54.7 Å². The molecule has 0 aliphatic rings. The first-order valence-corrected chi connectivity index (χ1v) is 11.0. The van der Waals surface area contributed by atoms with Gasteiger partial charge in [0.15, 0.2) is 5.82 Å². The van der Waals surface area contributed by atoms with Gasteiger partial charge in [0, 0.05) is 40.6 Å². The minimum Gasteiger partial charge on any atom is -0.368 e. The van der Waals surface area contributed by atoms with Crippen LogP contribution in [-0.4, -0.2) is 28.0 Å². The number of nitrogens with zero attached hydrogens (tertiary/aromatic N) is 3. The van der Waals surface area contributed by atoms with Crippen LogP contribution in [0.25, 0.3) is 33.1 Å². The van der Waals surface area contributed by atoms with E-state index in [0.29, 0.717) is 29.0 Å². The van der Waals surface area contributed by atoms with Crippen LogP contribution in [0.15, 0.2) is 79.0 Å². The lowest BCUT2D eigenvalue weighted by Crippen LogP contribution is -2.15. The van der Waals surface area contributed by atoms with Crippen molar-refractivity contribution in [3.8, 4) is 11.4 Å². The number of pyridine rings is 1. The molecule has 2 heterocycles. The highest BCUT2D eigenvalue weighted by Crippen LogP contribution is 2.31. The molecule has 0 radical (unpaired) electrons. The molecule has 0 unspecified atom stereocenters. The average Bonchev–Trinajstić information content (AvgIpc) is 2.81. The summed E-state index contributed by atoms with van der Waals surface area (Å²) >= 11 is 12.5. The summed E-state index contributed by atoms with van der Waals surface area (Å²) in [5, 5.41) is 11.1. The second-order valence-corrected chi connectivity index (χ2v) is 8.12. The van der Waals surface area contributed by atoms with Crippen molar-refractivity contribution >= 4 is 56.5 Å². The first-order valence-electron chi connectivity index (χ1n) is 10.2. The summed E-state index contributed by atoms with van der Waals surface area (Å²) in [6.07, 6.45) is 1.82. The Labute approximate surface area is 195 Å². The van der Waals surface area contributed by atoms with Gasteiger partial charge in [-0.15, -0.1) is 0 Å². The number of nitrogens with one attached hydrogen (secondary N) is 2. The first kappa shape index (κ1) is 20.5. The van der Waals surface area contributed by atoms with Crippen LogP contribution in [0, 0.1) is 0 Å². The van der Waals surface area contributed by atoms with Gasteiger partial charge in [0.1, 0.15) is 11.6 Å². The van der Waals surface area contributed by atoms with Crippen LogP contribution in [0.1, 0.15) is 0 Å². The standard InChI is InChI=1S/C25H19Cl2N5/c26-17-9-10-19(21(27)15-17)25-31-22-8-4-3-7-20(22)24(32-25)30-14-13-29-23-18-6-2-1-5-16(18)11-12-28-23/h1-12,15H,13-14H2,(H,28,29)(H,30,31,32). The molecule has 5 aromatic rings. The molecule has 0 saturated heterocycles. The minimum absolute atomic E-state index is 0.516. The zero-order valence-corrected chi connectivity index (χ0v) is 18.5. The molecule has 0 fully saturated rings. The number of fused-ring (bicyclic) bond motifs is 2. The molecule has 0 bridgehead atoms. The maximum Gasteiger partial charge on any atom is 0.163 e. The van der Waals surface area contributed by atoms with Gasteiger partial charge >= 0.3 is 0 Å².